The maximum absolute atomic E-state index is 10.2. The molecule has 2 rings (SSSR count). The van der Waals surface area contributed by atoms with Crippen molar-refractivity contribution in [3.63, 3.8) is 0 Å². The zero-order chi connectivity index (χ0) is 12.4. The summed E-state index contributed by atoms with van der Waals surface area (Å²) in [7, 11) is 0. The zero-order valence-corrected chi connectivity index (χ0v) is 10.3. The molecule has 1 aromatic carbocycles. The molecule has 3 nitrogen and oxygen atoms in total. The predicted molar refractivity (Wildman–Crippen MR) is 69.2 cm³/mol. The van der Waals surface area contributed by atoms with E-state index in [0.29, 0.717) is 26.9 Å². The van der Waals surface area contributed by atoms with Gasteiger partial charge in [-0.3, -0.25) is 4.98 Å². The molecule has 0 amide bonds. The number of benzene rings is 1. The number of anilines is 1. The van der Waals surface area contributed by atoms with Gasteiger partial charge in [0.1, 0.15) is 6.10 Å². The molecule has 0 spiro atoms. The Labute approximate surface area is 109 Å². The molecule has 3 N–H and O–H groups in total. The maximum Gasteiger partial charge on any atom is 0.109 e. The summed E-state index contributed by atoms with van der Waals surface area (Å²) in [5.41, 5.74) is 7.26. The number of aromatic nitrogens is 1. The van der Waals surface area contributed by atoms with E-state index < -0.39 is 6.10 Å². The van der Waals surface area contributed by atoms with Gasteiger partial charge in [0.05, 0.1) is 10.0 Å². The van der Waals surface area contributed by atoms with E-state index in [2.05, 4.69) is 4.98 Å². The molecule has 5 heteroatoms. The summed E-state index contributed by atoms with van der Waals surface area (Å²) >= 11 is 11.9. The largest absolute Gasteiger partial charge is 0.398 e. The highest BCUT2D eigenvalue weighted by Crippen LogP contribution is 2.34. The Morgan fingerprint density at radius 3 is 2.65 bits per heavy atom. The van der Waals surface area contributed by atoms with Gasteiger partial charge in [0.2, 0.25) is 0 Å². The first-order valence-corrected chi connectivity index (χ1v) is 5.68. The minimum absolute atomic E-state index is 0.324. The molecule has 1 unspecified atom stereocenters. The molecule has 0 saturated carbocycles. The van der Waals surface area contributed by atoms with Crippen molar-refractivity contribution >= 4 is 28.9 Å². The second-order valence-corrected chi connectivity index (χ2v) is 4.34. The summed E-state index contributed by atoms with van der Waals surface area (Å²) in [5.74, 6) is 0. The third-order valence-corrected chi connectivity index (χ3v) is 3.29. The molecular formula is C12H10Cl2N2O. The monoisotopic (exact) mass is 268 g/mol. The number of rotatable bonds is 2. The van der Waals surface area contributed by atoms with E-state index in [1.54, 1.807) is 30.5 Å². The van der Waals surface area contributed by atoms with E-state index in [1.165, 1.54) is 6.20 Å². The first-order valence-electron chi connectivity index (χ1n) is 4.92. The van der Waals surface area contributed by atoms with Gasteiger partial charge >= 0.3 is 0 Å². The van der Waals surface area contributed by atoms with Crippen LogP contribution >= 0.6 is 23.2 Å². The molecule has 0 aliphatic rings. The summed E-state index contributed by atoms with van der Waals surface area (Å²) in [6, 6.07) is 6.70. The highest BCUT2D eigenvalue weighted by atomic mass is 35.5. The number of aliphatic hydroxyl groups excluding tert-OH is 1. The van der Waals surface area contributed by atoms with Gasteiger partial charge in [-0.1, -0.05) is 35.3 Å². The molecule has 0 aliphatic heterocycles. The van der Waals surface area contributed by atoms with Gasteiger partial charge in [-0.15, -0.1) is 0 Å². The number of nitrogens with two attached hydrogens (primary N) is 1. The van der Waals surface area contributed by atoms with E-state index in [1.807, 2.05) is 0 Å². The van der Waals surface area contributed by atoms with E-state index in [0.717, 1.165) is 0 Å². The highest BCUT2D eigenvalue weighted by molar-refractivity contribution is 6.42. The van der Waals surface area contributed by atoms with Gasteiger partial charge in [-0.05, 0) is 12.1 Å². The van der Waals surface area contributed by atoms with Crippen LogP contribution < -0.4 is 5.73 Å². The van der Waals surface area contributed by atoms with Gasteiger partial charge in [-0.25, -0.2) is 0 Å². The maximum atomic E-state index is 10.2. The topological polar surface area (TPSA) is 59.1 Å². The molecular weight excluding hydrogens is 259 g/mol. The van der Waals surface area contributed by atoms with Crippen LogP contribution in [0.2, 0.25) is 10.0 Å². The summed E-state index contributed by atoms with van der Waals surface area (Å²) in [6.07, 6.45) is 2.14. The third kappa shape index (κ3) is 2.36. The quantitative estimate of drug-likeness (QED) is 0.880. The van der Waals surface area contributed by atoms with Crippen molar-refractivity contribution in [1.82, 2.24) is 4.98 Å². The van der Waals surface area contributed by atoms with Crippen molar-refractivity contribution in [3.05, 3.63) is 57.8 Å². The van der Waals surface area contributed by atoms with Crippen LogP contribution in [0.3, 0.4) is 0 Å². The first kappa shape index (κ1) is 12.2. The van der Waals surface area contributed by atoms with Crippen LogP contribution in [-0.4, -0.2) is 10.1 Å². The Balaban J connectivity index is 2.48. The Morgan fingerprint density at radius 1 is 1.18 bits per heavy atom. The summed E-state index contributed by atoms with van der Waals surface area (Å²) < 4.78 is 0. The van der Waals surface area contributed by atoms with Gasteiger partial charge < -0.3 is 10.8 Å². The molecule has 2 aromatic rings. The van der Waals surface area contributed by atoms with Crippen LogP contribution in [0.25, 0.3) is 0 Å². The average molecular weight is 269 g/mol. The van der Waals surface area contributed by atoms with Crippen molar-refractivity contribution < 1.29 is 5.11 Å². The smallest absolute Gasteiger partial charge is 0.109 e. The molecule has 1 heterocycles. The second-order valence-electron chi connectivity index (χ2n) is 3.55. The first-order chi connectivity index (χ1) is 8.11. The van der Waals surface area contributed by atoms with Crippen LogP contribution in [0.15, 0.2) is 36.7 Å². The summed E-state index contributed by atoms with van der Waals surface area (Å²) in [4.78, 5) is 3.93. The fourth-order valence-electron chi connectivity index (χ4n) is 1.55. The SMILES string of the molecule is Nc1ccncc1C(O)c1cccc(Cl)c1Cl. The van der Waals surface area contributed by atoms with E-state index in [9.17, 15) is 5.11 Å². The van der Waals surface area contributed by atoms with Gasteiger partial charge in [0.15, 0.2) is 0 Å². The van der Waals surface area contributed by atoms with Crippen LogP contribution in [0, 0.1) is 0 Å². The number of hydrogen-bond acceptors (Lipinski definition) is 3. The molecule has 0 fully saturated rings. The number of pyridine rings is 1. The van der Waals surface area contributed by atoms with Crippen LogP contribution in [0.4, 0.5) is 5.69 Å². The standard InChI is InChI=1S/C12H10Cl2N2O/c13-9-3-1-2-7(11(9)14)12(17)8-6-16-5-4-10(8)15/h1-6,12,17H,(H2,15,16). The van der Waals surface area contributed by atoms with Crippen molar-refractivity contribution in [2.75, 3.05) is 5.73 Å². The van der Waals surface area contributed by atoms with Crippen LogP contribution in [0.1, 0.15) is 17.2 Å². The lowest BCUT2D eigenvalue weighted by atomic mass is 10.0. The predicted octanol–water partition coefficient (Wildman–Crippen LogP) is 3.05. The average Bonchev–Trinajstić information content (AvgIpc) is 2.32. The van der Waals surface area contributed by atoms with Crippen molar-refractivity contribution in [1.29, 1.82) is 0 Å². The molecule has 88 valence electrons. The van der Waals surface area contributed by atoms with Crippen molar-refractivity contribution in [2.24, 2.45) is 0 Å². The number of aliphatic hydroxyl groups is 1. The second kappa shape index (κ2) is 4.92. The third-order valence-electron chi connectivity index (χ3n) is 2.46. The number of hydrogen-bond donors (Lipinski definition) is 2. The fraction of sp³-hybridized carbons (Fsp3) is 0.0833. The lowest BCUT2D eigenvalue weighted by molar-refractivity contribution is 0.221. The van der Waals surface area contributed by atoms with E-state index in [4.69, 9.17) is 28.9 Å². The lowest BCUT2D eigenvalue weighted by Gasteiger charge is -2.15. The molecule has 0 aliphatic carbocycles. The van der Waals surface area contributed by atoms with E-state index in [-0.39, 0.29) is 0 Å². The Kier molecular flexibility index (Phi) is 3.52. The lowest BCUT2D eigenvalue weighted by Crippen LogP contribution is -2.05. The molecule has 1 aromatic heterocycles. The van der Waals surface area contributed by atoms with Gasteiger partial charge in [0, 0.05) is 29.2 Å². The zero-order valence-electron chi connectivity index (χ0n) is 8.77. The minimum Gasteiger partial charge on any atom is -0.398 e. The summed E-state index contributed by atoms with van der Waals surface area (Å²) in [6.45, 7) is 0. The number of nitrogens with zero attached hydrogens (tertiary/aromatic N) is 1. The number of nitrogen functional groups attached to an aromatic ring is 1. The summed E-state index contributed by atoms with van der Waals surface area (Å²) in [5, 5.41) is 10.9. The van der Waals surface area contributed by atoms with E-state index >= 15 is 0 Å². The van der Waals surface area contributed by atoms with Gasteiger partial charge in [-0.2, -0.15) is 0 Å². The molecule has 0 saturated heterocycles. The van der Waals surface area contributed by atoms with Gasteiger partial charge in [0.25, 0.3) is 0 Å². The molecule has 17 heavy (non-hydrogen) atoms. The molecule has 0 radical (unpaired) electrons. The van der Waals surface area contributed by atoms with Crippen LogP contribution in [-0.2, 0) is 0 Å². The number of halogens is 2. The molecule has 1 atom stereocenters. The molecule has 0 bridgehead atoms. The van der Waals surface area contributed by atoms with Crippen molar-refractivity contribution in [2.45, 2.75) is 6.10 Å². The normalized spacial score (nSPS) is 12.4. The minimum atomic E-state index is -0.935. The highest BCUT2D eigenvalue weighted by Gasteiger charge is 2.17. The Bertz CT molecular complexity index is 546. The fourth-order valence-corrected chi connectivity index (χ4v) is 1.96. The Hall–Kier alpha value is -1.29. The van der Waals surface area contributed by atoms with Crippen LogP contribution in [0.5, 0.6) is 0 Å². The Morgan fingerprint density at radius 2 is 1.94 bits per heavy atom. The van der Waals surface area contributed by atoms with Crippen molar-refractivity contribution in [3.8, 4) is 0 Å².